The Hall–Kier alpha value is -7.93. The zero-order chi connectivity index (χ0) is 41.3. The highest BCUT2D eigenvalue weighted by Crippen LogP contribution is 2.58. The van der Waals surface area contributed by atoms with E-state index in [4.69, 9.17) is 21.4 Å². The Balaban J connectivity index is 1.13. The van der Waals surface area contributed by atoms with E-state index in [0.717, 1.165) is 55.6 Å². The number of rotatable bonds is 8. The van der Waals surface area contributed by atoms with Gasteiger partial charge in [0.25, 0.3) is 0 Å². The topological polar surface area (TPSA) is 38.7 Å². The summed E-state index contributed by atoms with van der Waals surface area (Å²) in [6, 6.07) is 68.7. The maximum atomic E-state index is 6.17. The molecule has 1 aromatic heterocycles. The summed E-state index contributed by atoms with van der Waals surface area (Å²) in [6.07, 6.45) is 10.4. The Kier molecular flexibility index (Phi) is 9.60. The van der Waals surface area contributed by atoms with Crippen LogP contribution >= 0.6 is 0 Å². The largest absolute Gasteiger partial charge is 0.208 e. The first kappa shape index (κ1) is 37.3. The van der Waals surface area contributed by atoms with Crippen molar-refractivity contribution in [1.29, 1.82) is 0 Å². The molecule has 288 valence electrons. The van der Waals surface area contributed by atoms with E-state index in [1.807, 2.05) is 60.7 Å². The predicted octanol–water partition coefficient (Wildman–Crippen LogP) is 13.9. The Morgan fingerprint density at radius 2 is 0.984 bits per heavy atom. The van der Waals surface area contributed by atoms with Gasteiger partial charge in [0, 0.05) is 22.3 Å². The minimum Gasteiger partial charge on any atom is -0.208 e. The van der Waals surface area contributed by atoms with Gasteiger partial charge in [-0.2, -0.15) is 0 Å². The fourth-order valence-corrected chi connectivity index (χ4v) is 9.24. The molecule has 10 rings (SSSR count). The molecule has 0 amide bonds. The van der Waals surface area contributed by atoms with Crippen LogP contribution in [0.3, 0.4) is 0 Å². The van der Waals surface area contributed by atoms with Crippen LogP contribution in [0.15, 0.2) is 200 Å². The molecular formula is C58H41N3. The van der Waals surface area contributed by atoms with E-state index in [2.05, 4.69) is 165 Å². The van der Waals surface area contributed by atoms with Crippen molar-refractivity contribution >= 4 is 6.08 Å². The van der Waals surface area contributed by atoms with Gasteiger partial charge in [0.15, 0.2) is 17.5 Å². The lowest BCUT2D eigenvalue weighted by Gasteiger charge is -2.34. The third-order valence-electron chi connectivity index (χ3n) is 12.0. The van der Waals surface area contributed by atoms with Gasteiger partial charge in [0.1, 0.15) is 0 Å². The first-order chi connectivity index (χ1) is 30.1. The number of aromatic nitrogens is 3. The second-order valence-corrected chi connectivity index (χ2v) is 15.4. The summed E-state index contributed by atoms with van der Waals surface area (Å²) in [6.45, 7) is 4.22. The molecular weight excluding hydrogens is 739 g/mol. The van der Waals surface area contributed by atoms with Crippen LogP contribution < -0.4 is 0 Å². The Morgan fingerprint density at radius 1 is 0.459 bits per heavy atom. The van der Waals surface area contributed by atoms with E-state index in [9.17, 15) is 0 Å². The van der Waals surface area contributed by atoms with E-state index < -0.39 is 5.41 Å². The Bertz CT molecular complexity index is 3050. The molecule has 61 heavy (non-hydrogen) atoms. The highest BCUT2D eigenvalue weighted by molar-refractivity contribution is 5.94. The van der Waals surface area contributed by atoms with Gasteiger partial charge in [-0.25, -0.2) is 15.0 Å². The summed E-state index contributed by atoms with van der Waals surface area (Å²) in [7, 11) is 0. The lowest BCUT2D eigenvalue weighted by molar-refractivity contribution is 0.768. The molecule has 1 aliphatic rings. The normalized spacial score (nSPS) is 12.5. The van der Waals surface area contributed by atoms with E-state index >= 15 is 0 Å². The molecule has 8 aromatic carbocycles. The summed E-state index contributed by atoms with van der Waals surface area (Å²) in [4.78, 5) is 15.1. The van der Waals surface area contributed by atoms with Gasteiger partial charge in [-0.1, -0.05) is 194 Å². The molecule has 3 heteroatoms. The number of fused-ring (bicyclic) bond motifs is 3. The molecule has 0 spiro atoms. The van der Waals surface area contributed by atoms with E-state index in [0.29, 0.717) is 17.5 Å². The van der Waals surface area contributed by atoms with Crippen LogP contribution in [-0.2, 0) is 5.41 Å². The van der Waals surface area contributed by atoms with Crippen molar-refractivity contribution in [3.05, 3.63) is 239 Å². The fourth-order valence-electron chi connectivity index (χ4n) is 9.24. The number of nitrogens with zero attached hydrogens (tertiary/aromatic N) is 3. The van der Waals surface area contributed by atoms with Crippen molar-refractivity contribution in [3.63, 3.8) is 0 Å². The van der Waals surface area contributed by atoms with Crippen molar-refractivity contribution in [2.75, 3.05) is 0 Å². The van der Waals surface area contributed by atoms with E-state index in [1.165, 1.54) is 33.4 Å². The molecule has 0 saturated carbocycles. The molecule has 0 bridgehead atoms. The first-order valence-corrected chi connectivity index (χ1v) is 20.7. The molecule has 0 atom stereocenters. The van der Waals surface area contributed by atoms with Crippen molar-refractivity contribution in [2.45, 2.75) is 19.3 Å². The fraction of sp³-hybridized carbons (Fsp3) is 0.0517. The summed E-state index contributed by atoms with van der Waals surface area (Å²) in [5, 5.41) is 0. The van der Waals surface area contributed by atoms with E-state index in [1.54, 1.807) is 0 Å². The van der Waals surface area contributed by atoms with Crippen LogP contribution in [0.25, 0.3) is 73.6 Å². The van der Waals surface area contributed by atoms with Gasteiger partial charge in [0.05, 0.1) is 5.41 Å². The van der Waals surface area contributed by atoms with Gasteiger partial charge in [-0.15, -0.1) is 6.42 Å². The zero-order valence-electron chi connectivity index (χ0n) is 34.0. The van der Waals surface area contributed by atoms with Gasteiger partial charge in [-0.05, 0) is 98.8 Å². The van der Waals surface area contributed by atoms with Crippen LogP contribution in [-0.4, -0.2) is 15.0 Å². The van der Waals surface area contributed by atoms with Gasteiger partial charge < -0.3 is 0 Å². The minimum absolute atomic E-state index is 0.572. The molecule has 1 aliphatic carbocycles. The number of benzene rings is 8. The Labute approximate surface area is 357 Å². The average Bonchev–Trinajstić information content (AvgIpc) is 3.63. The number of terminal acetylenes is 1. The highest BCUT2D eigenvalue weighted by atomic mass is 15.0. The van der Waals surface area contributed by atoms with Crippen molar-refractivity contribution < 1.29 is 0 Å². The minimum atomic E-state index is -0.572. The van der Waals surface area contributed by atoms with Crippen LogP contribution in [0.5, 0.6) is 0 Å². The molecule has 1 heterocycles. The zero-order valence-corrected chi connectivity index (χ0v) is 34.0. The summed E-state index contributed by atoms with van der Waals surface area (Å²) in [5.41, 5.74) is 17.1. The predicted molar refractivity (Wildman–Crippen MR) is 252 cm³/mol. The van der Waals surface area contributed by atoms with Gasteiger partial charge in [-0.3, -0.25) is 0 Å². The second kappa shape index (κ2) is 15.7. The maximum Gasteiger partial charge on any atom is 0.164 e. The third kappa shape index (κ3) is 6.38. The second-order valence-electron chi connectivity index (χ2n) is 15.4. The van der Waals surface area contributed by atoms with Crippen LogP contribution in [0.1, 0.15) is 45.9 Å². The molecule has 9 aromatic rings. The third-order valence-corrected chi connectivity index (χ3v) is 12.0. The van der Waals surface area contributed by atoms with Gasteiger partial charge >= 0.3 is 0 Å². The Morgan fingerprint density at radius 3 is 1.59 bits per heavy atom. The molecule has 0 saturated heterocycles. The standard InChI is InChI=1S/C58H41N3/c1-4-20-50-40(5-2)34-36-52-54(50)51-35-33-44(38-53(51)58(52,46-27-14-8-15-28-46)47-29-16-9-17-30-47)43-25-18-26-45(37-43)48-31-19-32-49(39(48)3)57-60-55(41-21-10-6-11-22-41)59-56(61-57)42-23-12-7-13-24-42/h2,4,6-38H,1,3H3/b20-4-. The molecule has 0 aliphatic heterocycles. The highest BCUT2D eigenvalue weighted by Gasteiger charge is 2.47. The lowest BCUT2D eigenvalue weighted by atomic mass is 9.67. The monoisotopic (exact) mass is 779 g/mol. The molecule has 0 unspecified atom stereocenters. The van der Waals surface area contributed by atoms with Crippen molar-refractivity contribution in [1.82, 2.24) is 15.0 Å². The SMILES string of the molecule is C#Cc1ccc2c(c1/C=C\C)-c1ccc(-c3cccc(-c4cccc(-c5nc(-c6ccccc6)nc(-c6ccccc6)n5)c4C)c3)cc1C2(c1ccccc1)c1ccccc1. The van der Waals surface area contributed by atoms with E-state index in [-0.39, 0.29) is 0 Å². The van der Waals surface area contributed by atoms with Crippen LogP contribution in [0, 0.1) is 19.3 Å². The van der Waals surface area contributed by atoms with Crippen LogP contribution in [0.4, 0.5) is 0 Å². The van der Waals surface area contributed by atoms with Gasteiger partial charge in [0.2, 0.25) is 0 Å². The smallest absolute Gasteiger partial charge is 0.164 e. The van der Waals surface area contributed by atoms with Crippen LogP contribution in [0.2, 0.25) is 0 Å². The maximum absolute atomic E-state index is 6.17. The van der Waals surface area contributed by atoms with Crippen molar-refractivity contribution in [2.24, 2.45) is 0 Å². The molecule has 0 fully saturated rings. The number of hydrogen-bond acceptors (Lipinski definition) is 3. The summed E-state index contributed by atoms with van der Waals surface area (Å²) >= 11 is 0. The average molecular weight is 780 g/mol. The first-order valence-electron chi connectivity index (χ1n) is 20.7. The quantitative estimate of drug-likeness (QED) is 0.144. The molecule has 0 N–H and O–H groups in total. The molecule has 0 radical (unpaired) electrons. The molecule has 3 nitrogen and oxygen atoms in total. The number of allylic oxidation sites excluding steroid dienone is 1. The van der Waals surface area contributed by atoms with Crippen molar-refractivity contribution in [3.8, 4) is 79.9 Å². The lowest BCUT2D eigenvalue weighted by Crippen LogP contribution is -2.28. The summed E-state index contributed by atoms with van der Waals surface area (Å²) < 4.78 is 0. The summed E-state index contributed by atoms with van der Waals surface area (Å²) in [5.74, 6) is 4.92. The number of hydrogen-bond donors (Lipinski definition) is 0.